The first-order chi connectivity index (χ1) is 5.15. The number of benzene rings is 1. The van der Waals surface area contributed by atoms with Gasteiger partial charge >= 0.3 is 0 Å². The second kappa shape index (κ2) is 3.13. The van der Waals surface area contributed by atoms with E-state index in [-0.39, 0.29) is 5.75 Å². The van der Waals surface area contributed by atoms with Crippen molar-refractivity contribution in [3.63, 3.8) is 0 Å². The summed E-state index contributed by atoms with van der Waals surface area (Å²) in [4.78, 5) is 0.831. The van der Waals surface area contributed by atoms with Gasteiger partial charge < -0.3 is 5.11 Å². The fourth-order valence-corrected chi connectivity index (χ4v) is 1.34. The molecule has 0 aliphatic carbocycles. The average molecular weight is 172 g/mol. The number of aromatic hydroxyl groups is 1. The Bertz CT molecular complexity index is 250. The fraction of sp³-hybridized carbons (Fsp3) is 0.250. The smallest absolute Gasteiger partial charge is 0.166 e. The second-order valence-corrected chi connectivity index (χ2v) is 3.15. The first kappa shape index (κ1) is 8.40. The molecule has 0 unspecified atom stereocenters. The summed E-state index contributed by atoms with van der Waals surface area (Å²) in [5, 5.41) is 9.04. The number of phenolic OH excluding ortho intramolecular Hbond substituents is 1. The van der Waals surface area contributed by atoms with Crippen molar-refractivity contribution >= 4 is 11.8 Å². The predicted octanol–water partition coefficient (Wildman–Crippen LogP) is 2.56. The third-order valence-electron chi connectivity index (χ3n) is 1.46. The van der Waals surface area contributed by atoms with Crippen LogP contribution in [0.15, 0.2) is 17.0 Å². The Labute approximate surface area is 69.2 Å². The van der Waals surface area contributed by atoms with Gasteiger partial charge in [0.05, 0.1) is 0 Å². The first-order valence-corrected chi connectivity index (χ1v) is 4.40. The van der Waals surface area contributed by atoms with Gasteiger partial charge in [0.25, 0.3) is 0 Å². The summed E-state index contributed by atoms with van der Waals surface area (Å²) >= 11 is 1.45. The molecule has 60 valence electrons. The van der Waals surface area contributed by atoms with Gasteiger partial charge in [-0.2, -0.15) is 0 Å². The zero-order chi connectivity index (χ0) is 8.43. The topological polar surface area (TPSA) is 20.2 Å². The molecular formula is C8H9FOS. The Morgan fingerprint density at radius 2 is 2.09 bits per heavy atom. The Balaban J connectivity index is 3.21. The van der Waals surface area contributed by atoms with Gasteiger partial charge in [0, 0.05) is 4.90 Å². The summed E-state index contributed by atoms with van der Waals surface area (Å²) in [7, 11) is 0. The summed E-state index contributed by atoms with van der Waals surface area (Å²) in [6.07, 6.45) is 1.87. The third-order valence-corrected chi connectivity index (χ3v) is 2.17. The highest BCUT2D eigenvalue weighted by atomic mass is 32.2. The Morgan fingerprint density at radius 1 is 1.45 bits per heavy atom. The molecule has 1 rings (SSSR count). The van der Waals surface area contributed by atoms with E-state index in [9.17, 15) is 4.39 Å². The van der Waals surface area contributed by atoms with Crippen LogP contribution in [0.1, 0.15) is 5.56 Å². The van der Waals surface area contributed by atoms with E-state index < -0.39 is 5.82 Å². The van der Waals surface area contributed by atoms with Crippen LogP contribution >= 0.6 is 11.8 Å². The predicted molar refractivity (Wildman–Crippen MR) is 44.6 cm³/mol. The van der Waals surface area contributed by atoms with Crippen LogP contribution in [0, 0.1) is 12.7 Å². The van der Waals surface area contributed by atoms with Gasteiger partial charge in [-0.3, -0.25) is 0 Å². The lowest BCUT2D eigenvalue weighted by Crippen LogP contribution is -1.82. The lowest BCUT2D eigenvalue weighted by Gasteiger charge is -2.02. The molecule has 1 aromatic carbocycles. The summed E-state index contributed by atoms with van der Waals surface area (Å²) in [6, 6.07) is 3.08. The van der Waals surface area contributed by atoms with Crippen molar-refractivity contribution in [3.8, 4) is 5.75 Å². The van der Waals surface area contributed by atoms with Gasteiger partial charge in [-0.25, -0.2) is 4.39 Å². The molecule has 0 saturated heterocycles. The largest absolute Gasteiger partial charge is 0.505 e. The van der Waals surface area contributed by atoms with Gasteiger partial charge in [-0.15, -0.1) is 11.8 Å². The summed E-state index contributed by atoms with van der Waals surface area (Å²) in [6.45, 7) is 1.68. The molecule has 0 aliphatic heterocycles. The minimum atomic E-state index is -0.547. The molecule has 11 heavy (non-hydrogen) atoms. The van der Waals surface area contributed by atoms with Crippen LogP contribution in [-0.4, -0.2) is 11.4 Å². The van der Waals surface area contributed by atoms with E-state index in [1.807, 2.05) is 6.26 Å². The van der Waals surface area contributed by atoms with Crippen LogP contribution in [0.3, 0.4) is 0 Å². The van der Waals surface area contributed by atoms with E-state index >= 15 is 0 Å². The third kappa shape index (κ3) is 1.66. The number of halogens is 1. The maximum atomic E-state index is 12.8. The summed E-state index contributed by atoms with van der Waals surface area (Å²) in [5.74, 6) is -0.794. The molecule has 1 nitrogen and oxygen atoms in total. The van der Waals surface area contributed by atoms with Crippen molar-refractivity contribution in [2.75, 3.05) is 6.26 Å². The zero-order valence-electron chi connectivity index (χ0n) is 6.39. The van der Waals surface area contributed by atoms with Gasteiger partial charge in [0.15, 0.2) is 11.6 Å². The van der Waals surface area contributed by atoms with E-state index in [2.05, 4.69) is 0 Å². The Kier molecular flexibility index (Phi) is 2.39. The van der Waals surface area contributed by atoms with E-state index in [1.165, 1.54) is 17.8 Å². The maximum absolute atomic E-state index is 12.8. The summed E-state index contributed by atoms with van der Waals surface area (Å²) in [5.41, 5.74) is 0.578. The molecule has 0 atom stereocenters. The molecule has 0 radical (unpaired) electrons. The molecule has 0 heterocycles. The number of thioether (sulfide) groups is 1. The normalized spacial score (nSPS) is 10.1. The van der Waals surface area contributed by atoms with Crippen LogP contribution < -0.4 is 0 Å². The van der Waals surface area contributed by atoms with Crippen molar-refractivity contribution in [1.29, 1.82) is 0 Å². The second-order valence-electron chi connectivity index (χ2n) is 2.27. The number of hydrogen-bond donors (Lipinski definition) is 1. The quantitative estimate of drug-likeness (QED) is 0.657. The van der Waals surface area contributed by atoms with Gasteiger partial charge in [-0.1, -0.05) is 0 Å². The van der Waals surface area contributed by atoms with Crippen molar-refractivity contribution in [2.24, 2.45) is 0 Å². The first-order valence-electron chi connectivity index (χ1n) is 3.18. The maximum Gasteiger partial charge on any atom is 0.166 e. The SMILES string of the molecule is CSc1cc(C)c(O)c(F)c1. The van der Waals surface area contributed by atoms with Crippen molar-refractivity contribution in [3.05, 3.63) is 23.5 Å². The lowest BCUT2D eigenvalue weighted by atomic mass is 10.2. The van der Waals surface area contributed by atoms with E-state index in [4.69, 9.17) is 5.11 Å². The average Bonchev–Trinajstić information content (AvgIpc) is 1.99. The minimum Gasteiger partial charge on any atom is -0.505 e. The number of aryl methyl sites for hydroxylation is 1. The highest BCUT2D eigenvalue weighted by Crippen LogP contribution is 2.26. The van der Waals surface area contributed by atoms with Gasteiger partial charge in [-0.05, 0) is 30.9 Å². The Hall–Kier alpha value is -0.700. The highest BCUT2D eigenvalue weighted by molar-refractivity contribution is 7.98. The number of rotatable bonds is 1. The molecule has 3 heteroatoms. The standard InChI is InChI=1S/C8H9FOS/c1-5-3-6(11-2)4-7(9)8(5)10/h3-4,10H,1-2H3. The van der Waals surface area contributed by atoms with E-state index in [1.54, 1.807) is 13.0 Å². The highest BCUT2D eigenvalue weighted by Gasteiger charge is 2.04. The monoisotopic (exact) mass is 172 g/mol. The summed E-state index contributed by atoms with van der Waals surface area (Å²) < 4.78 is 12.8. The van der Waals surface area contributed by atoms with Crippen LogP contribution in [0.25, 0.3) is 0 Å². The van der Waals surface area contributed by atoms with Crippen LogP contribution in [0.5, 0.6) is 5.75 Å². The zero-order valence-corrected chi connectivity index (χ0v) is 7.20. The minimum absolute atomic E-state index is 0.247. The molecule has 0 amide bonds. The van der Waals surface area contributed by atoms with Gasteiger partial charge in [0.2, 0.25) is 0 Å². The molecule has 1 N–H and O–H groups in total. The van der Waals surface area contributed by atoms with Gasteiger partial charge in [0.1, 0.15) is 0 Å². The fourth-order valence-electron chi connectivity index (χ4n) is 0.823. The van der Waals surface area contributed by atoms with Crippen LogP contribution in [0.4, 0.5) is 4.39 Å². The molecular weight excluding hydrogens is 163 g/mol. The molecule has 0 bridgehead atoms. The number of hydrogen-bond acceptors (Lipinski definition) is 2. The molecule has 0 fully saturated rings. The molecule has 0 saturated carbocycles. The van der Waals surface area contributed by atoms with Crippen LogP contribution in [-0.2, 0) is 0 Å². The molecule has 0 aromatic heterocycles. The molecule has 0 aliphatic rings. The van der Waals surface area contributed by atoms with E-state index in [0.29, 0.717) is 5.56 Å². The lowest BCUT2D eigenvalue weighted by molar-refractivity contribution is 0.427. The van der Waals surface area contributed by atoms with Crippen molar-refractivity contribution < 1.29 is 9.50 Å². The molecule has 1 aromatic rings. The Morgan fingerprint density at radius 3 is 2.55 bits per heavy atom. The van der Waals surface area contributed by atoms with E-state index in [0.717, 1.165) is 4.90 Å². The molecule has 0 spiro atoms. The van der Waals surface area contributed by atoms with Crippen molar-refractivity contribution in [1.82, 2.24) is 0 Å². The number of phenols is 1. The van der Waals surface area contributed by atoms with Crippen LogP contribution in [0.2, 0.25) is 0 Å². The van der Waals surface area contributed by atoms with Crippen molar-refractivity contribution in [2.45, 2.75) is 11.8 Å².